The highest BCUT2D eigenvalue weighted by atomic mass is 127. The zero-order valence-corrected chi connectivity index (χ0v) is 14.6. The monoisotopic (exact) mass is 415 g/mol. The molecule has 0 aromatic heterocycles. The first-order chi connectivity index (χ1) is 10.0. The minimum atomic E-state index is -0.385. The highest BCUT2D eigenvalue weighted by Gasteiger charge is 2.14. The predicted molar refractivity (Wildman–Crippen MR) is 94.0 cm³/mol. The number of benzene rings is 2. The first-order valence-corrected chi connectivity index (χ1v) is 7.87. The Hall–Kier alpha value is -1.27. The minimum Gasteiger partial charge on any atom is -0.465 e. The van der Waals surface area contributed by atoms with Gasteiger partial charge in [0.05, 0.1) is 18.4 Å². The molecule has 0 heterocycles. The van der Waals surface area contributed by atoms with Crippen LogP contribution in [-0.4, -0.2) is 13.1 Å². The second kappa shape index (κ2) is 7.13. The van der Waals surface area contributed by atoms with E-state index >= 15 is 0 Å². The van der Waals surface area contributed by atoms with Gasteiger partial charge in [-0.15, -0.1) is 0 Å². The average molecular weight is 416 g/mol. The highest BCUT2D eigenvalue weighted by molar-refractivity contribution is 14.1. The molecule has 0 fully saturated rings. The maximum absolute atomic E-state index is 11.8. The van der Waals surface area contributed by atoms with E-state index in [-0.39, 0.29) is 12.0 Å². The van der Waals surface area contributed by atoms with Gasteiger partial charge in [0.15, 0.2) is 0 Å². The molecular formula is C16H15ClINO2. The van der Waals surface area contributed by atoms with E-state index in [2.05, 4.69) is 40.0 Å². The quantitative estimate of drug-likeness (QED) is 0.570. The molecule has 0 saturated carbocycles. The van der Waals surface area contributed by atoms with Crippen LogP contribution in [0.4, 0.5) is 5.69 Å². The molecule has 0 amide bonds. The third-order valence-electron chi connectivity index (χ3n) is 3.13. The molecule has 1 unspecified atom stereocenters. The molecule has 0 aliphatic rings. The Balaban J connectivity index is 2.27. The number of hydrogen-bond donors (Lipinski definition) is 1. The molecule has 1 atom stereocenters. The summed E-state index contributed by atoms with van der Waals surface area (Å²) < 4.78 is 5.98. The molecule has 1 N–H and O–H groups in total. The van der Waals surface area contributed by atoms with Crippen molar-refractivity contribution in [3.63, 3.8) is 0 Å². The van der Waals surface area contributed by atoms with Gasteiger partial charge in [-0.05, 0) is 65.4 Å². The number of halogens is 2. The number of anilines is 1. The van der Waals surface area contributed by atoms with Crippen LogP contribution >= 0.6 is 34.2 Å². The second-order valence-electron chi connectivity index (χ2n) is 4.60. The summed E-state index contributed by atoms with van der Waals surface area (Å²) in [6.07, 6.45) is 0. The lowest BCUT2D eigenvalue weighted by Gasteiger charge is -2.18. The van der Waals surface area contributed by atoms with Gasteiger partial charge in [0.1, 0.15) is 0 Å². The number of esters is 1. The summed E-state index contributed by atoms with van der Waals surface area (Å²) in [7, 11) is 1.36. The summed E-state index contributed by atoms with van der Waals surface area (Å²) >= 11 is 8.29. The number of nitrogens with one attached hydrogen (secondary N) is 1. The molecule has 2 aromatic rings. The van der Waals surface area contributed by atoms with Gasteiger partial charge >= 0.3 is 5.97 Å². The average Bonchev–Trinajstić information content (AvgIpc) is 2.47. The van der Waals surface area contributed by atoms with Gasteiger partial charge in [0, 0.05) is 14.6 Å². The van der Waals surface area contributed by atoms with E-state index in [1.54, 1.807) is 18.2 Å². The topological polar surface area (TPSA) is 38.3 Å². The van der Waals surface area contributed by atoms with E-state index in [9.17, 15) is 4.79 Å². The zero-order chi connectivity index (χ0) is 15.4. The number of rotatable bonds is 4. The lowest BCUT2D eigenvalue weighted by atomic mass is 10.1. The van der Waals surface area contributed by atoms with E-state index in [0.717, 1.165) is 5.56 Å². The lowest BCUT2D eigenvalue weighted by molar-refractivity contribution is 0.0602. The Morgan fingerprint density at radius 2 is 1.90 bits per heavy atom. The third-order valence-corrected chi connectivity index (χ3v) is 4.08. The van der Waals surface area contributed by atoms with Gasteiger partial charge < -0.3 is 10.1 Å². The summed E-state index contributed by atoms with van der Waals surface area (Å²) in [6.45, 7) is 2.03. The fourth-order valence-corrected chi connectivity index (χ4v) is 2.52. The van der Waals surface area contributed by atoms with Gasteiger partial charge in [-0.1, -0.05) is 23.7 Å². The number of carbonyl (C=O) groups is 1. The molecular weight excluding hydrogens is 401 g/mol. The van der Waals surface area contributed by atoms with Crippen molar-refractivity contribution in [2.24, 2.45) is 0 Å². The van der Waals surface area contributed by atoms with Crippen LogP contribution in [0.2, 0.25) is 5.02 Å². The Labute approximate surface area is 142 Å². The van der Waals surface area contributed by atoms with Gasteiger partial charge in [-0.3, -0.25) is 0 Å². The first kappa shape index (κ1) is 16.1. The van der Waals surface area contributed by atoms with Crippen molar-refractivity contribution in [1.82, 2.24) is 0 Å². The summed E-state index contributed by atoms with van der Waals surface area (Å²) in [5, 5.41) is 3.88. The normalized spacial score (nSPS) is 11.8. The van der Waals surface area contributed by atoms with Crippen LogP contribution < -0.4 is 5.32 Å². The number of ether oxygens (including phenoxy) is 1. The number of methoxy groups -OCH3 is 1. The second-order valence-corrected chi connectivity index (χ2v) is 6.28. The molecule has 0 saturated heterocycles. The van der Waals surface area contributed by atoms with E-state index in [0.29, 0.717) is 16.3 Å². The van der Waals surface area contributed by atoms with Crippen molar-refractivity contribution in [3.05, 3.63) is 62.2 Å². The Kier molecular flexibility index (Phi) is 5.47. The molecule has 0 aliphatic heterocycles. The summed E-state index contributed by atoms with van der Waals surface area (Å²) in [6, 6.07) is 13.3. The van der Waals surface area contributed by atoms with Gasteiger partial charge in [-0.2, -0.15) is 0 Å². The fourth-order valence-electron chi connectivity index (χ4n) is 1.99. The third kappa shape index (κ3) is 4.11. The van der Waals surface area contributed by atoms with Crippen molar-refractivity contribution < 1.29 is 9.53 Å². The lowest BCUT2D eigenvalue weighted by Crippen LogP contribution is -2.11. The molecule has 21 heavy (non-hydrogen) atoms. The Morgan fingerprint density at radius 3 is 2.52 bits per heavy atom. The van der Waals surface area contributed by atoms with Crippen molar-refractivity contribution in [2.75, 3.05) is 12.4 Å². The van der Waals surface area contributed by atoms with Crippen molar-refractivity contribution >= 4 is 45.8 Å². The van der Waals surface area contributed by atoms with E-state index in [1.807, 2.05) is 19.1 Å². The van der Waals surface area contributed by atoms with E-state index in [4.69, 9.17) is 16.3 Å². The standard InChI is InChI=1S/C16H15ClINO2/c1-10(11-3-6-13(18)7-4-11)19-15-9-12(17)5-8-14(15)16(20)21-2/h3-10,19H,1-2H3. The molecule has 110 valence electrons. The first-order valence-electron chi connectivity index (χ1n) is 6.41. The van der Waals surface area contributed by atoms with Crippen molar-refractivity contribution in [3.8, 4) is 0 Å². The molecule has 3 nitrogen and oxygen atoms in total. The smallest absolute Gasteiger partial charge is 0.339 e. The molecule has 2 aromatic carbocycles. The van der Waals surface area contributed by atoms with E-state index < -0.39 is 0 Å². The summed E-state index contributed by atoms with van der Waals surface area (Å²) in [4.78, 5) is 11.8. The van der Waals surface area contributed by atoms with Crippen LogP contribution in [0.3, 0.4) is 0 Å². The number of hydrogen-bond acceptors (Lipinski definition) is 3. The molecule has 5 heteroatoms. The zero-order valence-electron chi connectivity index (χ0n) is 11.7. The van der Waals surface area contributed by atoms with Crippen LogP contribution in [0.25, 0.3) is 0 Å². The SMILES string of the molecule is COC(=O)c1ccc(Cl)cc1NC(C)c1ccc(I)cc1. The molecule has 2 rings (SSSR count). The maximum Gasteiger partial charge on any atom is 0.339 e. The number of carbonyl (C=O) groups excluding carboxylic acids is 1. The highest BCUT2D eigenvalue weighted by Crippen LogP contribution is 2.26. The maximum atomic E-state index is 11.8. The largest absolute Gasteiger partial charge is 0.465 e. The van der Waals surface area contributed by atoms with Crippen LogP contribution in [0, 0.1) is 3.57 Å². The minimum absolute atomic E-state index is 0.0453. The summed E-state index contributed by atoms with van der Waals surface area (Å²) in [5.41, 5.74) is 2.27. The molecule has 0 bridgehead atoms. The Bertz CT molecular complexity index is 643. The molecule has 0 spiro atoms. The Morgan fingerprint density at radius 1 is 1.24 bits per heavy atom. The molecule has 0 aliphatic carbocycles. The fraction of sp³-hybridized carbons (Fsp3) is 0.188. The van der Waals surface area contributed by atoms with Gasteiger partial charge in [0.2, 0.25) is 0 Å². The summed E-state index contributed by atoms with van der Waals surface area (Å²) in [5.74, 6) is -0.385. The van der Waals surface area contributed by atoms with Crippen LogP contribution in [0.15, 0.2) is 42.5 Å². The predicted octanol–water partition coefficient (Wildman–Crippen LogP) is 4.90. The van der Waals surface area contributed by atoms with Gasteiger partial charge in [0.25, 0.3) is 0 Å². The van der Waals surface area contributed by atoms with Crippen LogP contribution in [-0.2, 0) is 4.74 Å². The van der Waals surface area contributed by atoms with E-state index in [1.165, 1.54) is 10.7 Å². The van der Waals surface area contributed by atoms with Gasteiger partial charge in [-0.25, -0.2) is 4.79 Å². The van der Waals surface area contributed by atoms with Crippen LogP contribution in [0.5, 0.6) is 0 Å². The van der Waals surface area contributed by atoms with Crippen molar-refractivity contribution in [2.45, 2.75) is 13.0 Å². The molecule has 0 radical (unpaired) electrons. The van der Waals surface area contributed by atoms with Crippen LogP contribution in [0.1, 0.15) is 28.9 Å². The van der Waals surface area contributed by atoms with Crippen molar-refractivity contribution in [1.29, 1.82) is 0 Å².